The first-order chi connectivity index (χ1) is 17.0. The van der Waals surface area contributed by atoms with Crippen LogP contribution in [-0.2, 0) is 9.59 Å². The van der Waals surface area contributed by atoms with Gasteiger partial charge in [-0.2, -0.15) is 0 Å². The minimum absolute atomic E-state index is 0.0141. The number of hydrogen-bond acceptors (Lipinski definition) is 4. The number of anilines is 2. The van der Waals surface area contributed by atoms with E-state index in [1.54, 1.807) is 4.90 Å². The largest absolute Gasteiger partial charge is 0.368 e. The van der Waals surface area contributed by atoms with Crippen LogP contribution in [0.2, 0.25) is 0 Å². The Hall–Kier alpha value is -3.51. The third-order valence-electron chi connectivity index (χ3n) is 6.56. The smallest absolute Gasteiger partial charge is 0.265 e. The lowest BCUT2D eigenvalue weighted by Gasteiger charge is -2.38. The molecule has 0 N–H and O–H groups in total. The number of amides is 2. The van der Waals surface area contributed by atoms with E-state index in [1.807, 2.05) is 65.6 Å². The monoisotopic (exact) mass is 483 g/mol. The Morgan fingerprint density at radius 2 is 1.60 bits per heavy atom. The standard InChI is InChI=1S/C29H29N3O2S/c1-21-12-13-22(2)25(18-21)30-14-16-31(17-15-30)28(33)20-32-24-10-6-7-11-26(24)35-27(29(32)34)19-23-8-4-3-5-9-23/h3-13,18-19H,14-17,20H2,1-2H3/b27-19-. The summed E-state index contributed by atoms with van der Waals surface area (Å²) < 4.78 is 0. The second-order valence-electron chi connectivity index (χ2n) is 9.04. The summed E-state index contributed by atoms with van der Waals surface area (Å²) in [5.41, 5.74) is 5.50. The summed E-state index contributed by atoms with van der Waals surface area (Å²) >= 11 is 1.47. The normalized spacial score (nSPS) is 17.0. The van der Waals surface area contributed by atoms with Crippen molar-refractivity contribution in [2.45, 2.75) is 18.7 Å². The van der Waals surface area contributed by atoms with Crippen molar-refractivity contribution in [3.05, 3.63) is 94.4 Å². The zero-order valence-corrected chi connectivity index (χ0v) is 20.9. The summed E-state index contributed by atoms with van der Waals surface area (Å²) in [6.45, 7) is 7.16. The van der Waals surface area contributed by atoms with Gasteiger partial charge < -0.3 is 9.80 Å². The number of piperazine rings is 1. The fourth-order valence-electron chi connectivity index (χ4n) is 4.61. The highest BCUT2D eigenvalue weighted by Gasteiger charge is 2.32. The molecule has 1 saturated heterocycles. The van der Waals surface area contributed by atoms with Crippen molar-refractivity contribution in [1.82, 2.24) is 4.90 Å². The predicted octanol–water partition coefficient (Wildman–Crippen LogP) is 5.13. The van der Waals surface area contributed by atoms with Crippen molar-refractivity contribution in [2.24, 2.45) is 0 Å². The van der Waals surface area contributed by atoms with E-state index >= 15 is 0 Å². The molecule has 2 aliphatic heterocycles. The zero-order valence-electron chi connectivity index (χ0n) is 20.1. The van der Waals surface area contributed by atoms with Gasteiger partial charge in [0.25, 0.3) is 5.91 Å². The molecule has 2 aliphatic rings. The number of benzene rings is 3. The molecule has 2 amide bonds. The Morgan fingerprint density at radius 3 is 2.37 bits per heavy atom. The summed E-state index contributed by atoms with van der Waals surface area (Å²) in [5.74, 6) is -0.139. The molecule has 178 valence electrons. The third kappa shape index (κ3) is 4.98. The number of hydrogen-bond donors (Lipinski definition) is 0. The average molecular weight is 484 g/mol. The van der Waals surface area contributed by atoms with Gasteiger partial charge in [0.2, 0.25) is 5.91 Å². The molecule has 35 heavy (non-hydrogen) atoms. The fourth-order valence-corrected chi connectivity index (χ4v) is 5.67. The van der Waals surface area contributed by atoms with Gasteiger partial charge in [0.1, 0.15) is 6.54 Å². The van der Waals surface area contributed by atoms with Gasteiger partial charge in [-0.3, -0.25) is 14.5 Å². The Balaban J connectivity index is 1.31. The van der Waals surface area contributed by atoms with E-state index in [0.29, 0.717) is 18.0 Å². The zero-order chi connectivity index (χ0) is 24.4. The quantitative estimate of drug-likeness (QED) is 0.483. The van der Waals surface area contributed by atoms with E-state index < -0.39 is 0 Å². The lowest BCUT2D eigenvalue weighted by molar-refractivity contribution is -0.131. The highest BCUT2D eigenvalue weighted by molar-refractivity contribution is 8.04. The molecule has 0 spiro atoms. The molecule has 2 heterocycles. The first kappa shape index (κ1) is 23.2. The fraction of sp³-hybridized carbons (Fsp3) is 0.241. The van der Waals surface area contributed by atoms with Crippen molar-refractivity contribution in [1.29, 1.82) is 0 Å². The van der Waals surface area contributed by atoms with Crippen LogP contribution in [0.1, 0.15) is 16.7 Å². The van der Waals surface area contributed by atoms with Gasteiger partial charge in [0, 0.05) is 36.8 Å². The van der Waals surface area contributed by atoms with E-state index in [4.69, 9.17) is 0 Å². The second-order valence-corrected chi connectivity index (χ2v) is 10.1. The summed E-state index contributed by atoms with van der Waals surface area (Å²) in [4.78, 5) is 34.3. The molecule has 0 saturated carbocycles. The maximum Gasteiger partial charge on any atom is 0.265 e. The van der Waals surface area contributed by atoms with Gasteiger partial charge in [-0.1, -0.05) is 66.4 Å². The van der Waals surface area contributed by atoms with E-state index in [2.05, 4.69) is 36.9 Å². The van der Waals surface area contributed by atoms with E-state index in [0.717, 1.165) is 29.2 Å². The molecule has 5 nitrogen and oxygen atoms in total. The molecule has 0 bridgehead atoms. The molecule has 0 atom stereocenters. The topological polar surface area (TPSA) is 43.9 Å². The second kappa shape index (κ2) is 10.0. The van der Waals surface area contributed by atoms with Crippen LogP contribution in [0.5, 0.6) is 0 Å². The minimum Gasteiger partial charge on any atom is -0.368 e. The first-order valence-electron chi connectivity index (χ1n) is 11.9. The van der Waals surface area contributed by atoms with Gasteiger partial charge in [0.15, 0.2) is 0 Å². The Morgan fingerprint density at radius 1 is 0.886 bits per heavy atom. The van der Waals surface area contributed by atoms with Crippen LogP contribution in [-0.4, -0.2) is 49.4 Å². The Kier molecular flexibility index (Phi) is 6.64. The molecule has 3 aromatic rings. The van der Waals surface area contributed by atoms with Crippen molar-refractivity contribution >= 4 is 41.0 Å². The van der Waals surface area contributed by atoms with Crippen LogP contribution in [0.15, 0.2) is 82.6 Å². The first-order valence-corrected chi connectivity index (χ1v) is 12.8. The summed E-state index contributed by atoms with van der Waals surface area (Å²) in [6, 6.07) is 24.1. The van der Waals surface area contributed by atoms with Crippen LogP contribution in [0.25, 0.3) is 6.08 Å². The minimum atomic E-state index is -0.125. The molecule has 5 rings (SSSR count). The molecule has 6 heteroatoms. The number of carbonyl (C=O) groups excluding carboxylic acids is 2. The molecular weight excluding hydrogens is 454 g/mol. The number of para-hydroxylation sites is 1. The van der Waals surface area contributed by atoms with Gasteiger partial charge in [-0.25, -0.2) is 0 Å². The maximum atomic E-state index is 13.5. The van der Waals surface area contributed by atoms with Crippen molar-refractivity contribution in [3.63, 3.8) is 0 Å². The maximum absolute atomic E-state index is 13.5. The van der Waals surface area contributed by atoms with Crippen LogP contribution < -0.4 is 9.80 Å². The summed E-state index contributed by atoms with van der Waals surface area (Å²) in [7, 11) is 0. The molecule has 1 fully saturated rings. The lowest BCUT2D eigenvalue weighted by Crippen LogP contribution is -2.52. The van der Waals surface area contributed by atoms with Crippen molar-refractivity contribution in [2.75, 3.05) is 42.5 Å². The molecule has 0 radical (unpaired) electrons. The van der Waals surface area contributed by atoms with Crippen LogP contribution in [0, 0.1) is 13.8 Å². The highest BCUT2D eigenvalue weighted by Crippen LogP contribution is 2.42. The van der Waals surface area contributed by atoms with Crippen LogP contribution in [0.3, 0.4) is 0 Å². The van der Waals surface area contributed by atoms with E-state index in [-0.39, 0.29) is 18.4 Å². The number of nitrogens with zero attached hydrogens (tertiary/aromatic N) is 3. The van der Waals surface area contributed by atoms with Gasteiger partial charge in [-0.05, 0) is 54.8 Å². The number of carbonyl (C=O) groups is 2. The molecule has 0 aromatic heterocycles. The van der Waals surface area contributed by atoms with Crippen LogP contribution in [0.4, 0.5) is 11.4 Å². The van der Waals surface area contributed by atoms with E-state index in [9.17, 15) is 9.59 Å². The van der Waals surface area contributed by atoms with Crippen molar-refractivity contribution in [3.8, 4) is 0 Å². The third-order valence-corrected chi connectivity index (χ3v) is 7.64. The number of rotatable bonds is 4. The van der Waals surface area contributed by atoms with E-state index in [1.165, 1.54) is 28.6 Å². The van der Waals surface area contributed by atoms with Crippen molar-refractivity contribution < 1.29 is 9.59 Å². The van der Waals surface area contributed by atoms with Gasteiger partial charge in [-0.15, -0.1) is 0 Å². The summed E-state index contributed by atoms with van der Waals surface area (Å²) in [6.07, 6.45) is 1.91. The molecule has 3 aromatic carbocycles. The highest BCUT2D eigenvalue weighted by atomic mass is 32.2. The Labute approximate surface area is 211 Å². The SMILES string of the molecule is Cc1ccc(C)c(N2CCN(C(=O)CN3C(=O)/C(=C/c4ccccc4)Sc4ccccc43)CC2)c1. The number of thioether (sulfide) groups is 1. The average Bonchev–Trinajstić information content (AvgIpc) is 2.88. The number of aryl methyl sites for hydroxylation is 2. The Bertz CT molecular complexity index is 1280. The molecule has 0 aliphatic carbocycles. The summed E-state index contributed by atoms with van der Waals surface area (Å²) in [5, 5.41) is 0. The van der Waals surface area contributed by atoms with Crippen LogP contribution >= 0.6 is 11.8 Å². The lowest BCUT2D eigenvalue weighted by atomic mass is 10.1. The number of fused-ring (bicyclic) bond motifs is 1. The predicted molar refractivity (Wildman–Crippen MR) is 144 cm³/mol. The van der Waals surface area contributed by atoms with Gasteiger partial charge in [0.05, 0.1) is 10.6 Å². The molecular formula is C29H29N3O2S. The molecule has 0 unspecified atom stereocenters. The van der Waals surface area contributed by atoms with Gasteiger partial charge >= 0.3 is 0 Å².